The third-order valence-electron chi connectivity index (χ3n) is 3.05. The summed E-state index contributed by atoms with van der Waals surface area (Å²) < 4.78 is 0. The van der Waals surface area contributed by atoms with Gasteiger partial charge in [-0.1, -0.05) is 25.8 Å². The maximum absolute atomic E-state index is 9.73. The Balaban J connectivity index is 2.41. The van der Waals surface area contributed by atoms with Gasteiger partial charge in [0, 0.05) is 0 Å². The van der Waals surface area contributed by atoms with Gasteiger partial charge in [0.1, 0.15) is 0 Å². The van der Waals surface area contributed by atoms with Crippen molar-refractivity contribution in [3.05, 3.63) is 12.7 Å². The predicted molar refractivity (Wildman–Crippen MR) is 51.9 cm³/mol. The molecule has 1 N–H and O–H groups in total. The van der Waals surface area contributed by atoms with Crippen molar-refractivity contribution in [1.29, 1.82) is 0 Å². The zero-order valence-corrected chi connectivity index (χ0v) is 8.00. The van der Waals surface area contributed by atoms with Gasteiger partial charge in [-0.15, -0.1) is 6.58 Å². The summed E-state index contributed by atoms with van der Waals surface area (Å²) in [4.78, 5) is 0. The topological polar surface area (TPSA) is 20.2 Å². The lowest BCUT2D eigenvalue weighted by molar-refractivity contribution is 0.0419. The van der Waals surface area contributed by atoms with Gasteiger partial charge in [-0.25, -0.2) is 0 Å². The van der Waals surface area contributed by atoms with Crippen molar-refractivity contribution < 1.29 is 5.11 Å². The highest BCUT2D eigenvalue weighted by molar-refractivity contribution is 4.82. The number of aliphatic hydroxyl groups is 1. The van der Waals surface area contributed by atoms with E-state index in [1.165, 1.54) is 19.3 Å². The summed E-state index contributed by atoms with van der Waals surface area (Å²) in [5.74, 6) is 1.13. The molecule has 12 heavy (non-hydrogen) atoms. The highest BCUT2D eigenvalue weighted by Crippen LogP contribution is 2.31. The largest absolute Gasteiger partial charge is 0.393 e. The van der Waals surface area contributed by atoms with Crippen LogP contribution in [0.3, 0.4) is 0 Å². The van der Waals surface area contributed by atoms with Crippen LogP contribution in [0.2, 0.25) is 0 Å². The Morgan fingerprint density at radius 1 is 1.50 bits per heavy atom. The van der Waals surface area contributed by atoms with Crippen LogP contribution < -0.4 is 0 Å². The molecule has 1 aliphatic rings. The summed E-state index contributed by atoms with van der Waals surface area (Å²) in [5.41, 5.74) is 0. The fraction of sp³-hybridized carbons (Fsp3) is 0.818. The molecule has 1 saturated carbocycles. The molecule has 0 aromatic carbocycles. The smallest absolute Gasteiger partial charge is 0.0571 e. The molecule has 1 heteroatoms. The Morgan fingerprint density at radius 2 is 2.17 bits per heavy atom. The Hall–Kier alpha value is -0.300. The maximum atomic E-state index is 9.73. The summed E-state index contributed by atoms with van der Waals surface area (Å²) >= 11 is 0. The Morgan fingerprint density at radius 3 is 2.75 bits per heavy atom. The predicted octanol–water partition coefficient (Wildman–Crippen LogP) is 2.75. The molecule has 0 radical (unpaired) electrons. The zero-order chi connectivity index (χ0) is 8.97. The molecule has 1 rings (SSSR count). The molecule has 0 aromatic heterocycles. The monoisotopic (exact) mass is 168 g/mol. The molecule has 0 saturated heterocycles. The van der Waals surface area contributed by atoms with Crippen LogP contribution in [0.25, 0.3) is 0 Å². The second-order valence-electron chi connectivity index (χ2n) is 4.02. The number of hydrogen-bond acceptors (Lipinski definition) is 1. The van der Waals surface area contributed by atoms with E-state index in [-0.39, 0.29) is 6.10 Å². The minimum Gasteiger partial charge on any atom is -0.393 e. The summed E-state index contributed by atoms with van der Waals surface area (Å²) in [6, 6.07) is 0. The van der Waals surface area contributed by atoms with Crippen molar-refractivity contribution in [2.24, 2.45) is 11.8 Å². The number of hydrogen-bond donors (Lipinski definition) is 1. The van der Waals surface area contributed by atoms with Crippen molar-refractivity contribution >= 4 is 0 Å². The lowest BCUT2D eigenvalue weighted by atomic mass is 9.77. The standard InChI is InChI=1S/C11H20O/c1-3-6-9(2)10-7-4-5-8-11(10)12/h3,9-12H,1,4-8H2,2H3. The Labute approximate surface area is 75.5 Å². The van der Waals surface area contributed by atoms with Gasteiger partial charge in [0.05, 0.1) is 6.10 Å². The molecule has 0 heterocycles. The first-order valence-corrected chi connectivity index (χ1v) is 5.04. The Kier molecular flexibility index (Phi) is 3.80. The van der Waals surface area contributed by atoms with Gasteiger partial charge in [0.2, 0.25) is 0 Å². The van der Waals surface area contributed by atoms with Crippen LogP contribution in [-0.4, -0.2) is 11.2 Å². The van der Waals surface area contributed by atoms with Crippen molar-refractivity contribution in [3.63, 3.8) is 0 Å². The van der Waals surface area contributed by atoms with Crippen LogP contribution in [-0.2, 0) is 0 Å². The quantitative estimate of drug-likeness (QED) is 0.642. The first-order valence-electron chi connectivity index (χ1n) is 5.04. The van der Waals surface area contributed by atoms with Gasteiger partial charge in [0.15, 0.2) is 0 Å². The summed E-state index contributed by atoms with van der Waals surface area (Å²) in [6.07, 6.45) is 7.67. The lowest BCUT2D eigenvalue weighted by Gasteiger charge is -2.31. The van der Waals surface area contributed by atoms with Crippen LogP contribution in [0.4, 0.5) is 0 Å². The fourth-order valence-electron chi connectivity index (χ4n) is 2.24. The lowest BCUT2D eigenvalue weighted by Crippen LogP contribution is -2.29. The van der Waals surface area contributed by atoms with E-state index in [0.717, 1.165) is 12.8 Å². The number of rotatable bonds is 3. The van der Waals surface area contributed by atoms with Gasteiger partial charge < -0.3 is 5.11 Å². The molecule has 3 unspecified atom stereocenters. The van der Waals surface area contributed by atoms with Crippen LogP contribution >= 0.6 is 0 Å². The molecular formula is C11H20O. The third-order valence-corrected chi connectivity index (χ3v) is 3.05. The first kappa shape index (κ1) is 9.79. The van der Waals surface area contributed by atoms with Crippen LogP contribution in [0, 0.1) is 11.8 Å². The van der Waals surface area contributed by atoms with Crippen molar-refractivity contribution in [1.82, 2.24) is 0 Å². The minimum atomic E-state index is -0.0475. The van der Waals surface area contributed by atoms with Crippen LogP contribution in [0.1, 0.15) is 39.0 Å². The van der Waals surface area contributed by atoms with E-state index in [1.54, 1.807) is 0 Å². The molecule has 0 amide bonds. The molecule has 0 aromatic rings. The summed E-state index contributed by atoms with van der Waals surface area (Å²) in [5, 5.41) is 9.73. The van der Waals surface area contributed by atoms with Crippen molar-refractivity contribution in [2.45, 2.75) is 45.1 Å². The molecule has 1 aliphatic carbocycles. The molecule has 0 aliphatic heterocycles. The van der Waals surface area contributed by atoms with E-state index in [2.05, 4.69) is 13.5 Å². The highest BCUT2D eigenvalue weighted by atomic mass is 16.3. The van der Waals surface area contributed by atoms with Gasteiger partial charge in [-0.2, -0.15) is 0 Å². The number of aliphatic hydroxyl groups excluding tert-OH is 1. The van der Waals surface area contributed by atoms with Gasteiger partial charge >= 0.3 is 0 Å². The molecule has 70 valence electrons. The van der Waals surface area contributed by atoms with Gasteiger partial charge in [0.25, 0.3) is 0 Å². The molecular weight excluding hydrogens is 148 g/mol. The van der Waals surface area contributed by atoms with E-state index in [9.17, 15) is 5.11 Å². The number of allylic oxidation sites excluding steroid dienone is 1. The summed E-state index contributed by atoms with van der Waals surface area (Å²) in [6.45, 7) is 5.96. The molecule has 1 nitrogen and oxygen atoms in total. The summed E-state index contributed by atoms with van der Waals surface area (Å²) in [7, 11) is 0. The molecule has 3 atom stereocenters. The normalized spacial score (nSPS) is 32.8. The van der Waals surface area contributed by atoms with E-state index in [4.69, 9.17) is 0 Å². The van der Waals surface area contributed by atoms with Crippen molar-refractivity contribution in [3.8, 4) is 0 Å². The van der Waals surface area contributed by atoms with Gasteiger partial charge in [-0.3, -0.25) is 0 Å². The average molecular weight is 168 g/mol. The van der Waals surface area contributed by atoms with Crippen LogP contribution in [0.15, 0.2) is 12.7 Å². The molecule has 0 spiro atoms. The zero-order valence-electron chi connectivity index (χ0n) is 8.00. The SMILES string of the molecule is C=CCC(C)C1CCCCC1O. The van der Waals surface area contributed by atoms with Crippen molar-refractivity contribution in [2.75, 3.05) is 0 Å². The third kappa shape index (κ3) is 2.34. The second-order valence-corrected chi connectivity index (χ2v) is 4.02. The molecule has 1 fully saturated rings. The fourth-order valence-corrected chi connectivity index (χ4v) is 2.24. The van der Waals surface area contributed by atoms with E-state index in [1.807, 2.05) is 6.08 Å². The highest BCUT2D eigenvalue weighted by Gasteiger charge is 2.26. The minimum absolute atomic E-state index is 0.0475. The average Bonchev–Trinajstić information content (AvgIpc) is 2.05. The van der Waals surface area contributed by atoms with E-state index < -0.39 is 0 Å². The second kappa shape index (κ2) is 4.66. The van der Waals surface area contributed by atoms with Gasteiger partial charge in [-0.05, 0) is 31.1 Å². The van der Waals surface area contributed by atoms with E-state index in [0.29, 0.717) is 11.8 Å². The molecule has 0 bridgehead atoms. The first-order chi connectivity index (χ1) is 5.75. The van der Waals surface area contributed by atoms with E-state index >= 15 is 0 Å². The maximum Gasteiger partial charge on any atom is 0.0571 e. The van der Waals surface area contributed by atoms with Crippen LogP contribution in [0.5, 0.6) is 0 Å². The Bertz CT molecular complexity index is 142.